The first-order chi connectivity index (χ1) is 6.68. The zero-order chi connectivity index (χ0) is 10.1. The third-order valence-corrected chi connectivity index (χ3v) is 2.04. The molecule has 0 atom stereocenters. The van der Waals surface area contributed by atoms with Gasteiger partial charge in [-0.3, -0.25) is 15.0 Å². The van der Waals surface area contributed by atoms with Crippen LogP contribution in [0.25, 0.3) is 0 Å². The molecule has 0 aliphatic carbocycles. The quantitative estimate of drug-likeness (QED) is 0.491. The highest BCUT2D eigenvalue weighted by Gasteiger charge is 2.20. The Hall–Kier alpha value is -1.88. The standard InChI is InChI=1S/C9H9N3O2/c10-5-1-2-6-7(3-5)9(14)12-11-4-8(6)13/h1-3,11H,4,10H2,(H,12,14). The molecule has 1 aromatic rings. The van der Waals surface area contributed by atoms with Crippen LogP contribution < -0.4 is 16.6 Å². The summed E-state index contributed by atoms with van der Waals surface area (Å²) in [4.78, 5) is 22.9. The van der Waals surface area contributed by atoms with Crippen LogP contribution in [-0.2, 0) is 0 Å². The zero-order valence-corrected chi connectivity index (χ0v) is 7.33. The molecule has 1 aromatic carbocycles. The van der Waals surface area contributed by atoms with E-state index in [0.717, 1.165) is 0 Å². The fourth-order valence-electron chi connectivity index (χ4n) is 1.36. The van der Waals surface area contributed by atoms with E-state index in [9.17, 15) is 9.59 Å². The topological polar surface area (TPSA) is 84.2 Å². The number of carbonyl (C=O) groups is 2. The number of carbonyl (C=O) groups excluding carboxylic acids is 2. The van der Waals surface area contributed by atoms with Gasteiger partial charge < -0.3 is 5.73 Å². The monoisotopic (exact) mass is 191 g/mol. The van der Waals surface area contributed by atoms with Gasteiger partial charge in [-0.15, -0.1) is 0 Å². The summed E-state index contributed by atoms with van der Waals surface area (Å²) in [6.07, 6.45) is 0. The van der Waals surface area contributed by atoms with E-state index in [1.54, 1.807) is 12.1 Å². The number of fused-ring (bicyclic) bond motifs is 1. The predicted molar refractivity (Wildman–Crippen MR) is 50.7 cm³/mol. The molecule has 0 unspecified atom stereocenters. The number of ketones is 1. The smallest absolute Gasteiger partial charge is 0.266 e. The van der Waals surface area contributed by atoms with Crippen LogP contribution in [0.2, 0.25) is 0 Å². The molecule has 0 spiro atoms. The van der Waals surface area contributed by atoms with Crippen LogP contribution in [-0.4, -0.2) is 18.2 Å². The lowest BCUT2D eigenvalue weighted by Gasteiger charge is -2.03. The Kier molecular flexibility index (Phi) is 1.94. The number of hydrogen-bond donors (Lipinski definition) is 3. The van der Waals surface area contributed by atoms with E-state index in [0.29, 0.717) is 16.8 Å². The lowest BCUT2D eigenvalue weighted by molar-refractivity contribution is 0.0936. The lowest BCUT2D eigenvalue weighted by atomic mass is 10.0. The van der Waals surface area contributed by atoms with Crippen LogP contribution >= 0.6 is 0 Å². The molecule has 14 heavy (non-hydrogen) atoms. The Morgan fingerprint density at radius 3 is 2.79 bits per heavy atom. The highest BCUT2D eigenvalue weighted by Crippen LogP contribution is 2.15. The van der Waals surface area contributed by atoms with E-state index in [4.69, 9.17) is 5.73 Å². The molecule has 1 amide bonds. The van der Waals surface area contributed by atoms with Crippen molar-refractivity contribution < 1.29 is 9.59 Å². The third kappa shape index (κ3) is 1.33. The number of nitrogens with one attached hydrogen (secondary N) is 2. The van der Waals surface area contributed by atoms with Crippen LogP contribution in [0.15, 0.2) is 18.2 Å². The molecule has 0 bridgehead atoms. The normalized spacial score (nSPS) is 15.7. The second kappa shape index (κ2) is 3.12. The van der Waals surface area contributed by atoms with Crippen molar-refractivity contribution in [3.05, 3.63) is 29.3 Å². The first-order valence-electron chi connectivity index (χ1n) is 4.14. The maximum atomic E-state index is 11.5. The summed E-state index contributed by atoms with van der Waals surface area (Å²) in [6, 6.07) is 4.67. The number of Topliss-reactive ketones (excluding diaryl/α,β-unsaturated/α-hetero) is 1. The first-order valence-corrected chi connectivity index (χ1v) is 4.14. The van der Waals surface area contributed by atoms with Gasteiger partial charge in [-0.2, -0.15) is 0 Å². The largest absolute Gasteiger partial charge is 0.399 e. The van der Waals surface area contributed by atoms with Crippen LogP contribution in [0, 0.1) is 0 Å². The number of nitrogens with two attached hydrogens (primary N) is 1. The summed E-state index contributed by atoms with van der Waals surface area (Å²) in [5.41, 5.74) is 11.6. The third-order valence-electron chi connectivity index (χ3n) is 2.04. The highest BCUT2D eigenvalue weighted by molar-refractivity contribution is 6.10. The minimum absolute atomic E-state index is 0.0999. The minimum Gasteiger partial charge on any atom is -0.399 e. The number of hydrazine groups is 1. The average molecular weight is 191 g/mol. The van der Waals surface area contributed by atoms with Gasteiger partial charge in [-0.1, -0.05) is 0 Å². The molecule has 0 saturated heterocycles. The van der Waals surface area contributed by atoms with Gasteiger partial charge in [0.1, 0.15) is 0 Å². The molecular formula is C9H9N3O2. The van der Waals surface area contributed by atoms with Crippen LogP contribution in [0.4, 0.5) is 5.69 Å². The molecule has 1 aliphatic heterocycles. The van der Waals surface area contributed by atoms with Crippen molar-refractivity contribution >= 4 is 17.4 Å². The van der Waals surface area contributed by atoms with E-state index < -0.39 is 0 Å². The van der Waals surface area contributed by atoms with E-state index in [1.807, 2.05) is 0 Å². The van der Waals surface area contributed by atoms with Crippen molar-refractivity contribution in [2.24, 2.45) is 0 Å². The number of amides is 1. The summed E-state index contributed by atoms with van der Waals surface area (Å²) in [6.45, 7) is 0.0999. The SMILES string of the molecule is Nc1ccc2c(c1)C(=O)NNCC2=O. The number of hydrogen-bond acceptors (Lipinski definition) is 4. The summed E-state index contributed by atoms with van der Waals surface area (Å²) in [5, 5.41) is 0. The summed E-state index contributed by atoms with van der Waals surface area (Å²) in [7, 11) is 0. The Bertz CT molecular complexity index is 415. The Balaban J connectivity index is 2.60. The molecule has 0 aromatic heterocycles. The van der Waals surface area contributed by atoms with Crippen LogP contribution in [0.3, 0.4) is 0 Å². The molecular weight excluding hydrogens is 182 g/mol. The Morgan fingerprint density at radius 2 is 2.00 bits per heavy atom. The van der Waals surface area contributed by atoms with Gasteiger partial charge in [-0.05, 0) is 18.2 Å². The van der Waals surface area contributed by atoms with Crippen LogP contribution in [0.1, 0.15) is 20.7 Å². The summed E-state index contributed by atoms with van der Waals surface area (Å²) >= 11 is 0. The number of benzene rings is 1. The second-order valence-electron chi connectivity index (χ2n) is 3.04. The van der Waals surface area contributed by atoms with Crippen LogP contribution in [0.5, 0.6) is 0 Å². The van der Waals surface area contributed by atoms with Gasteiger partial charge in [0.05, 0.1) is 12.1 Å². The second-order valence-corrected chi connectivity index (χ2v) is 3.04. The van der Waals surface area contributed by atoms with E-state index in [2.05, 4.69) is 10.9 Å². The van der Waals surface area contributed by atoms with Crippen molar-refractivity contribution in [2.75, 3.05) is 12.3 Å². The summed E-state index contributed by atoms with van der Waals surface area (Å²) in [5.74, 6) is -0.462. The van der Waals surface area contributed by atoms with Crippen molar-refractivity contribution in [3.8, 4) is 0 Å². The van der Waals surface area contributed by atoms with Gasteiger partial charge in [0.15, 0.2) is 5.78 Å². The fourth-order valence-corrected chi connectivity index (χ4v) is 1.36. The Labute approximate surface area is 80.3 Å². The maximum Gasteiger partial charge on any atom is 0.266 e. The van der Waals surface area contributed by atoms with E-state index in [-0.39, 0.29) is 18.2 Å². The molecule has 5 heteroatoms. The van der Waals surface area contributed by atoms with E-state index in [1.165, 1.54) is 6.07 Å². The van der Waals surface area contributed by atoms with Gasteiger partial charge in [0.25, 0.3) is 5.91 Å². The fraction of sp³-hybridized carbons (Fsp3) is 0.111. The zero-order valence-electron chi connectivity index (χ0n) is 7.33. The Morgan fingerprint density at radius 1 is 1.21 bits per heavy atom. The molecule has 5 nitrogen and oxygen atoms in total. The number of nitrogen functional groups attached to an aromatic ring is 1. The number of anilines is 1. The molecule has 1 aliphatic rings. The number of rotatable bonds is 0. The molecule has 0 fully saturated rings. The average Bonchev–Trinajstić information content (AvgIpc) is 2.28. The molecule has 72 valence electrons. The van der Waals surface area contributed by atoms with Crippen molar-refractivity contribution in [1.82, 2.24) is 10.9 Å². The first kappa shape index (κ1) is 8.71. The maximum absolute atomic E-state index is 11.5. The lowest BCUT2D eigenvalue weighted by Crippen LogP contribution is -2.37. The minimum atomic E-state index is -0.335. The van der Waals surface area contributed by atoms with Gasteiger partial charge in [0, 0.05) is 11.3 Å². The molecule has 4 N–H and O–H groups in total. The highest BCUT2D eigenvalue weighted by atomic mass is 16.2. The molecule has 0 radical (unpaired) electrons. The molecule has 0 saturated carbocycles. The predicted octanol–water partition coefficient (Wildman–Crippen LogP) is -0.301. The van der Waals surface area contributed by atoms with Crippen molar-refractivity contribution in [3.63, 3.8) is 0 Å². The van der Waals surface area contributed by atoms with Gasteiger partial charge >= 0.3 is 0 Å². The van der Waals surface area contributed by atoms with Gasteiger partial charge in [-0.25, -0.2) is 5.43 Å². The molecule has 2 rings (SSSR count). The van der Waals surface area contributed by atoms with Gasteiger partial charge in [0.2, 0.25) is 0 Å². The summed E-state index contributed by atoms with van der Waals surface area (Å²) < 4.78 is 0. The van der Waals surface area contributed by atoms with Crippen molar-refractivity contribution in [2.45, 2.75) is 0 Å². The van der Waals surface area contributed by atoms with Crippen molar-refractivity contribution in [1.29, 1.82) is 0 Å². The molecule has 1 heterocycles. The van der Waals surface area contributed by atoms with E-state index >= 15 is 0 Å².